The van der Waals surface area contributed by atoms with E-state index in [1.807, 2.05) is 13.8 Å². The summed E-state index contributed by atoms with van der Waals surface area (Å²) in [5.41, 5.74) is 3.87. The number of aryl methyl sites for hydroxylation is 1. The van der Waals surface area contributed by atoms with Gasteiger partial charge in [0, 0.05) is 0 Å². The third-order valence-corrected chi connectivity index (χ3v) is 7.14. The zero-order valence-corrected chi connectivity index (χ0v) is 21.2. The molecule has 1 unspecified atom stereocenters. The minimum atomic E-state index is 0.225. The van der Waals surface area contributed by atoms with Crippen molar-refractivity contribution in [2.75, 3.05) is 0 Å². The second-order valence-corrected chi connectivity index (χ2v) is 11.6. The van der Waals surface area contributed by atoms with Gasteiger partial charge in [0.25, 0.3) is 0 Å². The Labute approximate surface area is 172 Å². The van der Waals surface area contributed by atoms with Crippen molar-refractivity contribution in [1.82, 2.24) is 0 Å². The van der Waals surface area contributed by atoms with E-state index in [2.05, 4.69) is 107 Å². The molecule has 0 amide bonds. The van der Waals surface area contributed by atoms with Crippen LogP contribution in [-0.4, -0.2) is 0 Å². The molecule has 1 aromatic rings. The largest absolute Gasteiger partial charge is 0.0683 e. The van der Waals surface area contributed by atoms with E-state index in [1.54, 1.807) is 0 Å². The summed E-state index contributed by atoms with van der Waals surface area (Å²) in [4.78, 5) is 0. The predicted molar refractivity (Wildman–Crippen MR) is 126 cm³/mol. The molecule has 0 aliphatic rings. The first-order valence-corrected chi connectivity index (χ1v) is 11.1. The maximum Gasteiger partial charge on any atom is -0.00617 e. The summed E-state index contributed by atoms with van der Waals surface area (Å²) in [6.45, 7) is 33.0. The highest BCUT2D eigenvalue weighted by molar-refractivity contribution is 5.28. The average Bonchev–Trinajstić information content (AvgIpc) is 2.48. The lowest BCUT2D eigenvalue weighted by Gasteiger charge is -2.52. The van der Waals surface area contributed by atoms with Crippen LogP contribution in [-0.2, 0) is 0 Å². The molecule has 0 radical (unpaired) electrons. The molecule has 0 fully saturated rings. The summed E-state index contributed by atoms with van der Waals surface area (Å²) in [6, 6.07) is 9.25. The van der Waals surface area contributed by atoms with Crippen LogP contribution in [0.2, 0.25) is 0 Å². The summed E-state index contributed by atoms with van der Waals surface area (Å²) in [5, 5.41) is 0. The molecule has 1 atom stereocenters. The van der Waals surface area contributed by atoms with E-state index >= 15 is 0 Å². The van der Waals surface area contributed by atoms with Crippen molar-refractivity contribution < 1.29 is 0 Å². The lowest BCUT2D eigenvalue weighted by molar-refractivity contribution is -0.00640. The van der Waals surface area contributed by atoms with Crippen molar-refractivity contribution in [2.45, 2.75) is 109 Å². The predicted octanol–water partition coefficient (Wildman–Crippen LogP) is 9.28. The van der Waals surface area contributed by atoms with E-state index in [1.165, 1.54) is 17.5 Å². The van der Waals surface area contributed by atoms with E-state index in [0.29, 0.717) is 17.3 Å². The number of benzene rings is 1. The van der Waals surface area contributed by atoms with Gasteiger partial charge in [-0.3, -0.25) is 0 Å². The second-order valence-electron chi connectivity index (χ2n) is 11.6. The van der Waals surface area contributed by atoms with Gasteiger partial charge in [-0.1, -0.05) is 120 Å². The molecule has 0 aliphatic heterocycles. The maximum atomic E-state index is 2.49. The second kappa shape index (κ2) is 9.15. The molecule has 1 aromatic carbocycles. The monoisotopic (exact) mass is 374 g/mol. The van der Waals surface area contributed by atoms with Crippen LogP contribution in [0.15, 0.2) is 24.3 Å². The fourth-order valence-corrected chi connectivity index (χ4v) is 5.13. The van der Waals surface area contributed by atoms with E-state index in [4.69, 9.17) is 0 Å². The van der Waals surface area contributed by atoms with E-state index in [0.717, 1.165) is 0 Å². The van der Waals surface area contributed by atoms with Gasteiger partial charge in [0.2, 0.25) is 0 Å². The Kier molecular flexibility index (Phi) is 8.88. The standard InChI is InChI=1S/C25H44.C2H6/c1-18(2)25(11,12)24(9,10)17-23(7,8)21(22(4,5)6)20-15-13-19(3)14-16-20;1-2/h13-16,18,21H,17H2,1-12H3;1-2H3. The average molecular weight is 375 g/mol. The van der Waals surface area contributed by atoms with Crippen molar-refractivity contribution in [3.05, 3.63) is 35.4 Å². The van der Waals surface area contributed by atoms with Crippen molar-refractivity contribution >= 4 is 0 Å². The number of hydrogen-bond acceptors (Lipinski definition) is 0. The molecule has 158 valence electrons. The first kappa shape index (κ1) is 26.2. The van der Waals surface area contributed by atoms with Crippen LogP contribution in [0.4, 0.5) is 0 Å². The molecule has 0 bridgehead atoms. The third-order valence-electron chi connectivity index (χ3n) is 7.14. The van der Waals surface area contributed by atoms with Crippen LogP contribution in [0.25, 0.3) is 0 Å². The van der Waals surface area contributed by atoms with Crippen molar-refractivity contribution in [3.63, 3.8) is 0 Å². The fraction of sp³-hybridized carbons (Fsp3) is 0.778. The Bertz CT molecular complexity index is 547. The van der Waals surface area contributed by atoms with Gasteiger partial charge in [-0.25, -0.2) is 0 Å². The van der Waals surface area contributed by atoms with Gasteiger partial charge >= 0.3 is 0 Å². The molecule has 0 spiro atoms. The molecule has 0 heterocycles. The first-order chi connectivity index (χ1) is 12.0. The zero-order chi connectivity index (χ0) is 21.8. The summed E-state index contributed by atoms with van der Waals surface area (Å²) < 4.78 is 0. The smallest absolute Gasteiger partial charge is 0.00617 e. The highest BCUT2D eigenvalue weighted by Crippen LogP contribution is 2.57. The minimum absolute atomic E-state index is 0.225. The molecule has 0 aromatic heterocycles. The van der Waals surface area contributed by atoms with Gasteiger partial charge in [0.1, 0.15) is 0 Å². The Morgan fingerprint density at radius 3 is 1.48 bits per heavy atom. The summed E-state index contributed by atoms with van der Waals surface area (Å²) in [7, 11) is 0. The van der Waals surface area contributed by atoms with Gasteiger partial charge in [-0.2, -0.15) is 0 Å². The van der Waals surface area contributed by atoms with E-state index in [9.17, 15) is 0 Å². The quantitative estimate of drug-likeness (QED) is 0.465. The normalized spacial score (nSPS) is 14.6. The van der Waals surface area contributed by atoms with E-state index < -0.39 is 0 Å². The van der Waals surface area contributed by atoms with Crippen molar-refractivity contribution in [2.24, 2.45) is 27.6 Å². The molecule has 0 N–H and O–H groups in total. The van der Waals surface area contributed by atoms with Crippen LogP contribution in [0, 0.1) is 34.5 Å². The van der Waals surface area contributed by atoms with Crippen LogP contribution in [0.5, 0.6) is 0 Å². The topological polar surface area (TPSA) is 0 Å². The molecular weight excluding hydrogens is 324 g/mol. The fourth-order valence-electron chi connectivity index (χ4n) is 5.13. The Morgan fingerprint density at radius 1 is 0.741 bits per heavy atom. The molecule has 1 rings (SSSR count). The molecule has 0 heteroatoms. The minimum Gasteiger partial charge on any atom is -0.0683 e. The van der Waals surface area contributed by atoms with Crippen molar-refractivity contribution in [1.29, 1.82) is 0 Å². The summed E-state index contributed by atoms with van der Waals surface area (Å²) >= 11 is 0. The van der Waals surface area contributed by atoms with Gasteiger partial charge in [-0.15, -0.1) is 0 Å². The van der Waals surface area contributed by atoms with Crippen LogP contribution >= 0.6 is 0 Å². The lowest BCUT2D eigenvalue weighted by atomic mass is 9.52. The molecular formula is C27H50. The SMILES string of the molecule is CC.Cc1ccc(C(C(C)(C)C)C(C)(C)CC(C)(C)C(C)(C)C(C)C)cc1. The van der Waals surface area contributed by atoms with Gasteiger partial charge in [0.05, 0.1) is 0 Å². The number of hydrogen-bond donors (Lipinski definition) is 0. The zero-order valence-electron chi connectivity index (χ0n) is 21.2. The first-order valence-electron chi connectivity index (χ1n) is 11.1. The molecule has 0 saturated carbocycles. The van der Waals surface area contributed by atoms with Crippen LogP contribution in [0.3, 0.4) is 0 Å². The van der Waals surface area contributed by atoms with Crippen LogP contribution in [0.1, 0.15) is 113 Å². The van der Waals surface area contributed by atoms with Gasteiger partial charge in [-0.05, 0) is 52.4 Å². The highest BCUT2D eigenvalue weighted by Gasteiger charge is 2.47. The Morgan fingerprint density at radius 2 is 1.15 bits per heavy atom. The summed E-state index contributed by atoms with van der Waals surface area (Å²) in [6.07, 6.45) is 1.22. The Balaban J connectivity index is 0.00000326. The molecule has 0 saturated heterocycles. The summed E-state index contributed by atoms with van der Waals surface area (Å²) in [5.74, 6) is 1.20. The van der Waals surface area contributed by atoms with Crippen molar-refractivity contribution in [3.8, 4) is 0 Å². The van der Waals surface area contributed by atoms with Gasteiger partial charge < -0.3 is 0 Å². The molecule has 0 aliphatic carbocycles. The third kappa shape index (κ3) is 6.37. The lowest BCUT2D eigenvalue weighted by Crippen LogP contribution is -2.43. The molecule has 27 heavy (non-hydrogen) atoms. The van der Waals surface area contributed by atoms with Gasteiger partial charge in [0.15, 0.2) is 0 Å². The highest BCUT2D eigenvalue weighted by atomic mass is 14.5. The Hall–Kier alpha value is -0.780. The molecule has 0 nitrogen and oxygen atoms in total. The van der Waals surface area contributed by atoms with E-state index in [-0.39, 0.29) is 16.2 Å². The maximum absolute atomic E-state index is 2.49. The number of rotatable bonds is 6. The van der Waals surface area contributed by atoms with Crippen LogP contribution < -0.4 is 0 Å².